The maximum Gasteiger partial charge on any atom is 0.233 e. The Labute approximate surface area is 172 Å². The van der Waals surface area contributed by atoms with E-state index in [1.54, 1.807) is 20.3 Å². The zero-order chi connectivity index (χ0) is 21.2. The Morgan fingerprint density at radius 2 is 1.83 bits per heavy atom. The molecule has 9 heteroatoms. The number of nitrogens with zero attached hydrogens (tertiary/aromatic N) is 2. The summed E-state index contributed by atoms with van der Waals surface area (Å²) in [6.45, 7) is 0.261. The summed E-state index contributed by atoms with van der Waals surface area (Å²) in [7, 11) is 3.11. The Kier molecular flexibility index (Phi) is 4.23. The van der Waals surface area contributed by atoms with Crippen LogP contribution >= 0.6 is 0 Å². The molecule has 0 N–H and O–H groups in total. The average molecular weight is 413 g/mol. The molecule has 0 aromatic heterocycles. The van der Waals surface area contributed by atoms with Gasteiger partial charge < -0.3 is 24.2 Å². The maximum atomic E-state index is 13.1. The van der Waals surface area contributed by atoms with Crippen molar-refractivity contribution in [3.8, 4) is 11.5 Å². The largest absolute Gasteiger partial charge is 0.543 e. The normalized spacial score (nSPS) is 33.3. The number of ether oxygens (including phenoxy) is 2. The van der Waals surface area contributed by atoms with Gasteiger partial charge >= 0.3 is 0 Å². The summed E-state index contributed by atoms with van der Waals surface area (Å²) in [5.74, 6) is -2.44. The van der Waals surface area contributed by atoms with E-state index >= 15 is 0 Å². The summed E-state index contributed by atoms with van der Waals surface area (Å²) < 4.78 is 10.5. The van der Waals surface area contributed by atoms with Crippen LogP contribution in [-0.4, -0.2) is 55.3 Å². The van der Waals surface area contributed by atoms with Gasteiger partial charge in [0.05, 0.1) is 37.9 Å². The van der Waals surface area contributed by atoms with Gasteiger partial charge in [-0.25, -0.2) is 0 Å². The van der Waals surface area contributed by atoms with Crippen LogP contribution in [0.4, 0.5) is 0 Å². The molecule has 2 amide bonds. The van der Waals surface area contributed by atoms with E-state index in [0.29, 0.717) is 24.3 Å². The first-order valence-electron chi connectivity index (χ1n) is 9.97. The van der Waals surface area contributed by atoms with E-state index < -0.39 is 29.8 Å². The van der Waals surface area contributed by atoms with Crippen LogP contribution in [0.2, 0.25) is 0 Å². The molecule has 6 atom stereocenters. The third-order valence-electron chi connectivity index (χ3n) is 7.06. The number of carboxylic acids is 1. The Hall–Kier alpha value is -3.10. The monoisotopic (exact) mass is 413 g/mol. The fourth-order valence-corrected chi connectivity index (χ4v) is 5.85. The first-order chi connectivity index (χ1) is 14.5. The second-order valence-electron chi connectivity index (χ2n) is 8.24. The topological polar surface area (TPSA) is 118 Å². The van der Waals surface area contributed by atoms with E-state index in [9.17, 15) is 19.5 Å². The SMILES string of the molecule is COc1ccc(CCN2C(=O)[C@H]3[C@@H]4C[C@@H]([C@H]5ON=C(C(=O)[O-])[C@H]45)[C@@H]3C2=O)cc1OC. The predicted octanol–water partition coefficient (Wildman–Crippen LogP) is -0.382. The molecule has 2 saturated carbocycles. The number of carbonyl (C=O) groups is 3. The lowest BCUT2D eigenvalue weighted by molar-refractivity contribution is -0.294. The molecular formula is C21H21N2O7-. The minimum Gasteiger partial charge on any atom is -0.543 e. The first kappa shape index (κ1) is 18.9. The van der Waals surface area contributed by atoms with Gasteiger partial charge in [-0.15, -0.1) is 0 Å². The number of imide groups is 1. The highest BCUT2D eigenvalue weighted by Gasteiger charge is 2.70. The second-order valence-corrected chi connectivity index (χ2v) is 8.24. The van der Waals surface area contributed by atoms with Crippen LogP contribution in [0, 0.1) is 29.6 Å². The summed E-state index contributed by atoms with van der Waals surface area (Å²) >= 11 is 0. The molecule has 0 radical (unpaired) electrons. The van der Waals surface area contributed by atoms with Crippen LogP contribution in [0.15, 0.2) is 23.4 Å². The number of methoxy groups -OCH3 is 2. The zero-order valence-electron chi connectivity index (χ0n) is 16.6. The van der Waals surface area contributed by atoms with Crippen molar-refractivity contribution in [2.24, 2.45) is 34.7 Å². The standard InChI is InChI=1S/C21H22N2O7/c1-28-12-4-3-9(7-13(12)29-2)5-6-23-19(24)14-10-8-11(15(14)20(23)25)18-16(10)17(21(26)27)22-30-18/h3-4,7,10-11,14-16,18H,5-6,8H2,1-2H3,(H,26,27)/p-1/t10-,11+,14-,15-,16-,18+/m0/s1. The second kappa shape index (κ2) is 6.72. The fraction of sp³-hybridized carbons (Fsp3) is 0.524. The lowest BCUT2D eigenvalue weighted by Gasteiger charge is -2.29. The fourth-order valence-electron chi connectivity index (χ4n) is 5.85. The van der Waals surface area contributed by atoms with Gasteiger partial charge in [0.25, 0.3) is 0 Å². The zero-order valence-corrected chi connectivity index (χ0v) is 16.6. The molecule has 3 fully saturated rings. The smallest absolute Gasteiger partial charge is 0.233 e. The molecule has 2 aliphatic carbocycles. The van der Waals surface area contributed by atoms with Crippen LogP contribution in [0.3, 0.4) is 0 Å². The number of hydrogen-bond acceptors (Lipinski definition) is 8. The van der Waals surface area contributed by atoms with E-state index in [1.165, 1.54) is 4.90 Å². The molecule has 1 aromatic rings. The number of oxime groups is 1. The van der Waals surface area contributed by atoms with Crippen LogP contribution in [0.1, 0.15) is 12.0 Å². The number of carboxylic acid groups (broad SMARTS) is 1. The van der Waals surface area contributed by atoms with Gasteiger partial charge in [0, 0.05) is 12.5 Å². The Bertz CT molecular complexity index is 974. The van der Waals surface area contributed by atoms with Gasteiger partial charge in [0.15, 0.2) is 11.5 Å². The summed E-state index contributed by atoms with van der Waals surface area (Å²) in [5, 5.41) is 15.0. The number of benzene rings is 1. The molecule has 30 heavy (non-hydrogen) atoms. The number of likely N-dealkylation sites (tertiary alicyclic amines) is 1. The minimum absolute atomic E-state index is 0.130. The van der Waals surface area contributed by atoms with Crippen LogP contribution < -0.4 is 14.6 Å². The molecule has 0 unspecified atom stereocenters. The Morgan fingerprint density at radius 3 is 2.50 bits per heavy atom. The number of carbonyl (C=O) groups excluding carboxylic acids is 3. The third-order valence-corrected chi connectivity index (χ3v) is 7.06. The van der Waals surface area contributed by atoms with Crippen molar-refractivity contribution in [2.75, 3.05) is 20.8 Å². The molecule has 2 aliphatic heterocycles. The molecule has 1 aromatic carbocycles. The molecule has 5 rings (SSSR count). The molecular weight excluding hydrogens is 392 g/mol. The van der Waals surface area contributed by atoms with E-state index in [-0.39, 0.29) is 35.9 Å². The van der Waals surface area contributed by atoms with Crippen molar-refractivity contribution in [1.29, 1.82) is 0 Å². The molecule has 158 valence electrons. The van der Waals surface area contributed by atoms with Gasteiger partial charge in [-0.1, -0.05) is 11.2 Å². The molecule has 1 saturated heterocycles. The predicted molar refractivity (Wildman–Crippen MR) is 99.4 cm³/mol. The number of hydrogen-bond donors (Lipinski definition) is 0. The summed E-state index contributed by atoms with van der Waals surface area (Å²) in [4.78, 5) is 44.2. The first-order valence-corrected chi connectivity index (χ1v) is 9.97. The summed E-state index contributed by atoms with van der Waals surface area (Å²) in [6, 6.07) is 5.49. The third kappa shape index (κ3) is 2.47. The number of rotatable bonds is 6. The highest BCUT2D eigenvalue weighted by Crippen LogP contribution is 2.61. The highest BCUT2D eigenvalue weighted by molar-refractivity contribution is 6.36. The molecule has 2 heterocycles. The molecule has 0 spiro atoms. The van der Waals surface area contributed by atoms with E-state index in [1.807, 2.05) is 12.1 Å². The van der Waals surface area contributed by atoms with Crippen LogP contribution in [0.5, 0.6) is 11.5 Å². The lowest BCUT2D eigenvalue weighted by Crippen LogP contribution is -2.45. The van der Waals surface area contributed by atoms with Crippen LogP contribution in [-0.2, 0) is 25.6 Å². The highest BCUT2D eigenvalue weighted by atomic mass is 16.6. The van der Waals surface area contributed by atoms with E-state index in [4.69, 9.17) is 14.3 Å². The van der Waals surface area contributed by atoms with Gasteiger partial charge in [-0.2, -0.15) is 0 Å². The van der Waals surface area contributed by atoms with Gasteiger partial charge in [0.2, 0.25) is 11.8 Å². The van der Waals surface area contributed by atoms with Crippen molar-refractivity contribution in [3.05, 3.63) is 23.8 Å². The van der Waals surface area contributed by atoms with E-state index in [2.05, 4.69) is 5.16 Å². The van der Waals surface area contributed by atoms with Crippen molar-refractivity contribution >= 4 is 23.5 Å². The van der Waals surface area contributed by atoms with Crippen molar-refractivity contribution in [3.63, 3.8) is 0 Å². The number of amides is 2. The van der Waals surface area contributed by atoms with Crippen molar-refractivity contribution in [1.82, 2.24) is 4.90 Å². The van der Waals surface area contributed by atoms with Crippen molar-refractivity contribution in [2.45, 2.75) is 18.9 Å². The molecule has 2 bridgehead atoms. The Morgan fingerprint density at radius 1 is 1.13 bits per heavy atom. The lowest BCUT2D eigenvalue weighted by atomic mass is 9.72. The average Bonchev–Trinajstić information content (AvgIpc) is 3.47. The van der Waals surface area contributed by atoms with Gasteiger partial charge in [-0.05, 0) is 36.5 Å². The summed E-state index contributed by atoms with van der Waals surface area (Å²) in [6.07, 6.45) is 0.645. The van der Waals surface area contributed by atoms with Crippen molar-refractivity contribution < 1.29 is 33.8 Å². The Balaban J connectivity index is 1.33. The minimum atomic E-state index is -1.37. The summed E-state index contributed by atoms with van der Waals surface area (Å²) in [5.41, 5.74) is 0.787. The van der Waals surface area contributed by atoms with E-state index in [0.717, 1.165) is 5.56 Å². The van der Waals surface area contributed by atoms with Gasteiger partial charge in [0.1, 0.15) is 11.8 Å². The quantitative estimate of drug-likeness (QED) is 0.584. The number of fused-ring (bicyclic) bond motifs is 8. The number of aliphatic carboxylic acids is 1. The van der Waals surface area contributed by atoms with Crippen LogP contribution in [0.25, 0.3) is 0 Å². The maximum absolute atomic E-state index is 13.1. The molecule has 4 aliphatic rings. The van der Waals surface area contributed by atoms with Gasteiger partial charge in [-0.3, -0.25) is 14.5 Å². The molecule has 9 nitrogen and oxygen atoms in total.